The molecule has 160 valence electrons. The van der Waals surface area contributed by atoms with E-state index in [0.717, 1.165) is 10.5 Å². The molecule has 0 aromatic heterocycles. The van der Waals surface area contributed by atoms with Gasteiger partial charge in [0.1, 0.15) is 18.2 Å². The third kappa shape index (κ3) is 3.42. The number of ether oxygens (including phenoxy) is 4. The molecular weight excluding hydrogens is 402 g/mol. The number of amides is 2. The van der Waals surface area contributed by atoms with E-state index in [2.05, 4.69) is 0 Å². The minimum Gasteiger partial charge on any atom is -0.457 e. The third-order valence-electron chi connectivity index (χ3n) is 5.75. The Balaban J connectivity index is 1.48. The Morgan fingerprint density at radius 3 is 2.29 bits per heavy atom. The van der Waals surface area contributed by atoms with Crippen molar-refractivity contribution in [3.63, 3.8) is 0 Å². The van der Waals surface area contributed by atoms with Crippen molar-refractivity contribution in [2.75, 3.05) is 6.61 Å². The summed E-state index contributed by atoms with van der Waals surface area (Å²) in [6.45, 7) is 1.75. The van der Waals surface area contributed by atoms with E-state index in [-0.39, 0.29) is 13.2 Å². The molecule has 2 unspecified atom stereocenters. The Morgan fingerprint density at radius 1 is 1.00 bits per heavy atom. The number of fused-ring (bicyclic) bond motifs is 3. The molecule has 0 radical (unpaired) electrons. The topological polar surface area (TPSA) is 91.4 Å². The van der Waals surface area contributed by atoms with Gasteiger partial charge in [0.15, 0.2) is 12.4 Å². The molecule has 2 saturated heterocycles. The second kappa shape index (κ2) is 7.88. The van der Waals surface area contributed by atoms with E-state index in [9.17, 15) is 14.4 Å². The number of rotatable bonds is 5. The van der Waals surface area contributed by atoms with Crippen molar-refractivity contribution in [3.8, 4) is 0 Å². The van der Waals surface area contributed by atoms with Gasteiger partial charge in [0.25, 0.3) is 11.8 Å². The fraction of sp³-hybridized carbons (Fsp3) is 0.348. The van der Waals surface area contributed by atoms with Crippen LogP contribution in [0.1, 0.15) is 33.2 Å². The molecule has 8 nitrogen and oxygen atoms in total. The Labute approximate surface area is 178 Å². The Bertz CT molecular complexity index is 989. The van der Waals surface area contributed by atoms with Crippen LogP contribution < -0.4 is 0 Å². The summed E-state index contributed by atoms with van der Waals surface area (Å²) in [5, 5.41) is 0. The molecule has 2 amide bonds. The van der Waals surface area contributed by atoms with Gasteiger partial charge in [0, 0.05) is 6.92 Å². The van der Waals surface area contributed by atoms with Gasteiger partial charge in [-0.1, -0.05) is 42.5 Å². The molecule has 0 spiro atoms. The maximum Gasteiger partial charge on any atom is 0.303 e. The van der Waals surface area contributed by atoms with E-state index >= 15 is 0 Å². The van der Waals surface area contributed by atoms with Crippen LogP contribution in [0.2, 0.25) is 0 Å². The van der Waals surface area contributed by atoms with E-state index in [1.165, 1.54) is 6.92 Å². The largest absolute Gasteiger partial charge is 0.457 e. The van der Waals surface area contributed by atoms with Crippen molar-refractivity contribution in [3.05, 3.63) is 71.3 Å². The molecular formula is C23H21NO7. The van der Waals surface area contributed by atoms with Crippen LogP contribution in [0.3, 0.4) is 0 Å². The quantitative estimate of drug-likeness (QED) is 0.536. The first-order valence-corrected chi connectivity index (χ1v) is 10.1. The van der Waals surface area contributed by atoms with Gasteiger partial charge in [-0.15, -0.1) is 0 Å². The average Bonchev–Trinajstić information content (AvgIpc) is 3.30. The first kappa shape index (κ1) is 19.9. The summed E-state index contributed by atoms with van der Waals surface area (Å²) in [7, 11) is 0. The molecule has 0 aliphatic carbocycles. The lowest BCUT2D eigenvalue weighted by Gasteiger charge is -2.42. The number of hydrogen-bond donors (Lipinski definition) is 0. The summed E-state index contributed by atoms with van der Waals surface area (Å²) in [4.78, 5) is 39.3. The Kier molecular flexibility index (Phi) is 5.05. The van der Waals surface area contributed by atoms with E-state index in [0.29, 0.717) is 11.1 Å². The van der Waals surface area contributed by atoms with Gasteiger partial charge in [-0.25, -0.2) is 0 Å². The van der Waals surface area contributed by atoms with Crippen LogP contribution in [0.15, 0.2) is 54.6 Å². The highest BCUT2D eigenvalue weighted by molar-refractivity contribution is 6.21. The molecule has 5 rings (SSSR count). The number of imide groups is 1. The van der Waals surface area contributed by atoms with Crippen LogP contribution in [-0.4, -0.2) is 59.9 Å². The molecule has 8 heteroatoms. The van der Waals surface area contributed by atoms with Gasteiger partial charge in [0.2, 0.25) is 0 Å². The van der Waals surface area contributed by atoms with Crippen molar-refractivity contribution in [1.82, 2.24) is 4.90 Å². The van der Waals surface area contributed by atoms with Crippen LogP contribution in [-0.2, 0) is 30.3 Å². The van der Waals surface area contributed by atoms with Crippen LogP contribution in [0, 0.1) is 0 Å². The summed E-state index contributed by atoms with van der Waals surface area (Å²) >= 11 is 0. The van der Waals surface area contributed by atoms with Crippen LogP contribution in [0.5, 0.6) is 0 Å². The fourth-order valence-corrected chi connectivity index (χ4v) is 4.40. The minimum atomic E-state index is -0.962. The molecule has 2 aromatic rings. The summed E-state index contributed by atoms with van der Waals surface area (Å²) in [6.07, 6.45) is -3.01. The summed E-state index contributed by atoms with van der Waals surface area (Å²) < 4.78 is 23.4. The highest BCUT2D eigenvalue weighted by Crippen LogP contribution is 2.38. The smallest absolute Gasteiger partial charge is 0.303 e. The summed E-state index contributed by atoms with van der Waals surface area (Å²) in [6, 6.07) is 15.2. The summed E-state index contributed by atoms with van der Waals surface area (Å²) in [5.74, 6) is -1.48. The van der Waals surface area contributed by atoms with E-state index in [4.69, 9.17) is 18.9 Å². The molecule has 5 atom stereocenters. The molecule has 3 heterocycles. The van der Waals surface area contributed by atoms with Gasteiger partial charge >= 0.3 is 5.97 Å². The highest BCUT2D eigenvalue weighted by atomic mass is 16.7. The monoisotopic (exact) mass is 423 g/mol. The molecule has 0 saturated carbocycles. The predicted octanol–water partition coefficient (Wildman–Crippen LogP) is 1.92. The SMILES string of the molecule is CC(=O)O[C@H]1C(N2C(=O)c3ccccc3C2=O)[C@@H]2OCC(O2)[C@@H]1OCc1ccccc1. The van der Waals surface area contributed by atoms with Crippen molar-refractivity contribution < 1.29 is 33.3 Å². The Hall–Kier alpha value is -3.07. The lowest BCUT2D eigenvalue weighted by Crippen LogP contribution is -2.63. The van der Waals surface area contributed by atoms with Gasteiger partial charge in [-0.2, -0.15) is 0 Å². The lowest BCUT2D eigenvalue weighted by atomic mass is 9.96. The maximum atomic E-state index is 13.1. The standard InChI is InChI=1S/C23H21NO7/c1-13(25)30-20-18(24-21(26)15-9-5-6-10-16(15)22(24)27)23-29-12-17(31-23)19(20)28-11-14-7-3-2-4-8-14/h2-10,17-20,23H,11-12H2,1H3/t17?,18?,19-,20-,23+/m0/s1. The molecule has 0 N–H and O–H groups in total. The molecule has 2 aromatic carbocycles. The zero-order valence-electron chi connectivity index (χ0n) is 16.8. The number of esters is 1. The fourth-order valence-electron chi connectivity index (χ4n) is 4.40. The first-order chi connectivity index (χ1) is 15.0. The van der Waals surface area contributed by atoms with Gasteiger partial charge in [0.05, 0.1) is 24.3 Å². The number of carbonyl (C=O) groups excluding carboxylic acids is 3. The van der Waals surface area contributed by atoms with Crippen LogP contribution in [0.25, 0.3) is 0 Å². The van der Waals surface area contributed by atoms with Crippen molar-refractivity contribution >= 4 is 17.8 Å². The van der Waals surface area contributed by atoms with Gasteiger partial charge < -0.3 is 18.9 Å². The molecule has 3 aliphatic heterocycles. The lowest BCUT2D eigenvalue weighted by molar-refractivity contribution is -0.224. The predicted molar refractivity (Wildman–Crippen MR) is 106 cm³/mol. The second-order valence-corrected chi connectivity index (χ2v) is 7.73. The van der Waals surface area contributed by atoms with E-state index < -0.39 is 48.4 Å². The van der Waals surface area contributed by atoms with Gasteiger partial charge in [-0.05, 0) is 17.7 Å². The van der Waals surface area contributed by atoms with Crippen molar-refractivity contribution in [2.24, 2.45) is 0 Å². The van der Waals surface area contributed by atoms with Crippen molar-refractivity contribution in [1.29, 1.82) is 0 Å². The molecule has 2 bridgehead atoms. The maximum absolute atomic E-state index is 13.1. The zero-order chi connectivity index (χ0) is 21.5. The minimum absolute atomic E-state index is 0.210. The molecule has 3 aliphatic rings. The van der Waals surface area contributed by atoms with Crippen LogP contribution in [0.4, 0.5) is 0 Å². The normalized spacial score (nSPS) is 29.2. The van der Waals surface area contributed by atoms with Crippen molar-refractivity contribution in [2.45, 2.75) is 44.2 Å². The molecule has 31 heavy (non-hydrogen) atoms. The van der Waals surface area contributed by atoms with Gasteiger partial charge in [-0.3, -0.25) is 19.3 Å². The zero-order valence-corrected chi connectivity index (χ0v) is 16.8. The molecule has 2 fully saturated rings. The van der Waals surface area contributed by atoms with E-state index in [1.54, 1.807) is 24.3 Å². The Morgan fingerprint density at radius 2 is 1.65 bits per heavy atom. The average molecular weight is 423 g/mol. The number of nitrogens with zero attached hydrogens (tertiary/aromatic N) is 1. The highest BCUT2D eigenvalue weighted by Gasteiger charge is 2.58. The third-order valence-corrected chi connectivity index (χ3v) is 5.75. The van der Waals surface area contributed by atoms with E-state index in [1.807, 2.05) is 30.3 Å². The number of benzene rings is 2. The summed E-state index contributed by atoms with van der Waals surface area (Å²) in [5.41, 5.74) is 1.54. The first-order valence-electron chi connectivity index (χ1n) is 10.1. The van der Waals surface area contributed by atoms with Crippen LogP contribution >= 0.6 is 0 Å². The second-order valence-electron chi connectivity index (χ2n) is 7.73. The number of carbonyl (C=O) groups is 3. The number of hydrogen-bond acceptors (Lipinski definition) is 7.